The maximum absolute atomic E-state index is 14.3. The molecule has 4 aliphatic rings. The van der Waals surface area contributed by atoms with Gasteiger partial charge in [0.1, 0.15) is 24.9 Å². The van der Waals surface area contributed by atoms with Crippen molar-refractivity contribution in [1.82, 2.24) is 9.80 Å². The molecule has 3 N–H and O–H groups in total. The Morgan fingerprint density at radius 3 is 2.53 bits per heavy atom. The van der Waals surface area contributed by atoms with Crippen LogP contribution in [0.5, 0.6) is 0 Å². The summed E-state index contributed by atoms with van der Waals surface area (Å²) in [6.07, 6.45) is 3.36. The second kappa shape index (κ2) is 10.5. The molecule has 3 aliphatic heterocycles. The molecular formula is C27H38N4O5. The van der Waals surface area contributed by atoms with E-state index in [2.05, 4.69) is 16.7 Å². The zero-order valence-corrected chi connectivity index (χ0v) is 21.1. The Labute approximate surface area is 212 Å². The van der Waals surface area contributed by atoms with Gasteiger partial charge in [-0.3, -0.25) is 14.4 Å². The number of rotatable bonds is 6. The maximum Gasteiger partial charge on any atom is 0.249 e. The van der Waals surface area contributed by atoms with E-state index < -0.39 is 30.1 Å². The van der Waals surface area contributed by atoms with Gasteiger partial charge in [-0.15, -0.1) is 0 Å². The number of amides is 2. The number of likely N-dealkylation sites (N-methyl/N-ethyl adjacent to an activating group) is 1. The van der Waals surface area contributed by atoms with Crippen LogP contribution in [0, 0.1) is 5.92 Å². The summed E-state index contributed by atoms with van der Waals surface area (Å²) in [5, 5.41) is 10.5. The number of nitrogens with zero attached hydrogens (tertiary/aromatic N) is 3. The molecule has 3 heterocycles. The number of likely N-dealkylation sites (tertiary alicyclic amines) is 1. The van der Waals surface area contributed by atoms with Gasteiger partial charge in [0, 0.05) is 37.4 Å². The van der Waals surface area contributed by atoms with Crippen LogP contribution in [0.1, 0.15) is 60.9 Å². The average Bonchev–Trinajstić information content (AvgIpc) is 3.45. The van der Waals surface area contributed by atoms with E-state index in [0.29, 0.717) is 11.1 Å². The summed E-state index contributed by atoms with van der Waals surface area (Å²) in [4.78, 5) is 45.7. The number of carbonyl (C=O) groups excluding carboxylic acids is 3. The summed E-state index contributed by atoms with van der Waals surface area (Å²) >= 11 is 0. The van der Waals surface area contributed by atoms with Crippen molar-refractivity contribution in [2.45, 2.75) is 63.2 Å². The van der Waals surface area contributed by atoms with E-state index in [4.69, 9.17) is 10.5 Å². The van der Waals surface area contributed by atoms with Crippen LogP contribution < -0.4 is 10.6 Å². The number of carbonyl (C=O) groups is 3. The van der Waals surface area contributed by atoms with E-state index in [1.807, 2.05) is 12.1 Å². The molecule has 5 rings (SSSR count). The maximum atomic E-state index is 14.3. The molecule has 4 fully saturated rings. The standard InChI is InChI=1S/C27H38N4O5/c1-2-29-10-12-30(13-11-29)18-8-9-19(26(28)34)20(14-18)23(17-6-4-3-5-7-17)27(35)31-15-21(32)25-24(31)22(33)16-36-25/h8-9,14,17,21,23-25,32H,2-7,10-13,15-16H2,1H3,(H2,28,34)/t21-,23-,24+,25+/m0/s1. The Hall–Kier alpha value is -2.49. The smallest absolute Gasteiger partial charge is 0.249 e. The van der Waals surface area contributed by atoms with E-state index in [0.717, 1.165) is 70.5 Å². The lowest BCUT2D eigenvalue weighted by Gasteiger charge is -2.37. The Bertz CT molecular complexity index is 1000. The van der Waals surface area contributed by atoms with Gasteiger partial charge >= 0.3 is 0 Å². The molecule has 3 saturated heterocycles. The summed E-state index contributed by atoms with van der Waals surface area (Å²) in [6, 6.07) is 4.90. The predicted molar refractivity (Wildman–Crippen MR) is 135 cm³/mol. The van der Waals surface area contributed by atoms with E-state index in [1.54, 1.807) is 6.07 Å². The number of hydrogen-bond acceptors (Lipinski definition) is 7. The largest absolute Gasteiger partial charge is 0.388 e. The topological polar surface area (TPSA) is 116 Å². The van der Waals surface area contributed by atoms with Crippen molar-refractivity contribution in [3.63, 3.8) is 0 Å². The van der Waals surface area contributed by atoms with Crippen LogP contribution in [0.4, 0.5) is 5.69 Å². The number of aliphatic hydroxyl groups excluding tert-OH is 1. The molecule has 9 nitrogen and oxygen atoms in total. The molecule has 9 heteroatoms. The number of Topliss-reactive ketones (excluding diaryl/α,β-unsaturated/α-hetero) is 1. The molecule has 1 aromatic carbocycles. The first-order valence-corrected chi connectivity index (χ1v) is 13.4. The lowest BCUT2D eigenvalue weighted by molar-refractivity contribution is -0.139. The van der Waals surface area contributed by atoms with Gasteiger partial charge in [0.2, 0.25) is 11.8 Å². The number of piperazine rings is 1. The molecule has 36 heavy (non-hydrogen) atoms. The SMILES string of the molecule is CCN1CCN(c2ccc(C(N)=O)c([C@@H](C(=O)N3C[C@H](O)[C@H]4OCC(=O)[C@H]43)C3CCCCC3)c2)CC1. The van der Waals surface area contributed by atoms with Crippen LogP contribution in [0.25, 0.3) is 0 Å². The zero-order chi connectivity index (χ0) is 25.4. The van der Waals surface area contributed by atoms with Crippen LogP contribution in [-0.2, 0) is 14.3 Å². The zero-order valence-electron chi connectivity index (χ0n) is 21.1. The molecule has 196 valence electrons. The van der Waals surface area contributed by atoms with Crippen LogP contribution >= 0.6 is 0 Å². The summed E-state index contributed by atoms with van der Waals surface area (Å²) < 4.78 is 5.51. The number of fused-ring (bicyclic) bond motifs is 1. The number of ether oxygens (including phenoxy) is 1. The number of hydrogen-bond donors (Lipinski definition) is 2. The molecule has 0 aromatic heterocycles. The Morgan fingerprint density at radius 1 is 1.14 bits per heavy atom. The molecule has 0 radical (unpaired) electrons. The molecule has 0 unspecified atom stereocenters. The van der Waals surface area contributed by atoms with Crippen molar-refractivity contribution < 1.29 is 24.2 Å². The van der Waals surface area contributed by atoms with Gasteiger partial charge in [0.15, 0.2) is 5.78 Å². The number of aliphatic hydroxyl groups is 1. The van der Waals surface area contributed by atoms with Gasteiger partial charge < -0.3 is 30.3 Å². The first-order valence-electron chi connectivity index (χ1n) is 13.4. The fourth-order valence-electron chi connectivity index (χ4n) is 6.64. The van der Waals surface area contributed by atoms with E-state index >= 15 is 0 Å². The summed E-state index contributed by atoms with van der Waals surface area (Å²) in [5.41, 5.74) is 7.83. The first kappa shape index (κ1) is 25.2. The number of anilines is 1. The Kier molecular flexibility index (Phi) is 7.32. The fraction of sp³-hybridized carbons (Fsp3) is 0.667. The molecule has 4 atom stereocenters. The van der Waals surface area contributed by atoms with E-state index in [-0.39, 0.29) is 30.8 Å². The highest BCUT2D eigenvalue weighted by Crippen LogP contribution is 2.42. The Balaban J connectivity index is 1.52. The summed E-state index contributed by atoms with van der Waals surface area (Å²) in [6.45, 7) is 6.83. The molecule has 1 aromatic rings. The van der Waals surface area contributed by atoms with Crippen molar-refractivity contribution in [2.75, 3.05) is 50.8 Å². The van der Waals surface area contributed by atoms with Crippen molar-refractivity contribution in [3.05, 3.63) is 29.3 Å². The Morgan fingerprint density at radius 2 is 1.86 bits per heavy atom. The van der Waals surface area contributed by atoms with Crippen LogP contribution in [0.2, 0.25) is 0 Å². The van der Waals surface area contributed by atoms with Gasteiger partial charge in [-0.2, -0.15) is 0 Å². The number of primary amides is 1. The number of benzene rings is 1. The van der Waals surface area contributed by atoms with Gasteiger partial charge in [-0.25, -0.2) is 0 Å². The normalized spacial score (nSPS) is 28.4. The molecule has 2 amide bonds. The second-order valence-electron chi connectivity index (χ2n) is 10.7. The summed E-state index contributed by atoms with van der Waals surface area (Å²) in [5.74, 6) is -1.48. The lowest BCUT2D eigenvalue weighted by Crippen LogP contribution is -2.47. The van der Waals surface area contributed by atoms with Gasteiger partial charge in [-0.05, 0) is 49.1 Å². The number of ketones is 1. The van der Waals surface area contributed by atoms with E-state index in [9.17, 15) is 19.5 Å². The second-order valence-corrected chi connectivity index (χ2v) is 10.7. The predicted octanol–water partition coefficient (Wildman–Crippen LogP) is 1.13. The van der Waals surface area contributed by atoms with Crippen LogP contribution in [0.15, 0.2) is 18.2 Å². The van der Waals surface area contributed by atoms with Crippen molar-refractivity contribution >= 4 is 23.3 Å². The minimum absolute atomic E-state index is 0.0464. The molecule has 1 saturated carbocycles. The highest BCUT2D eigenvalue weighted by Gasteiger charge is 2.53. The quantitative estimate of drug-likeness (QED) is 0.604. The minimum atomic E-state index is -0.894. The highest BCUT2D eigenvalue weighted by molar-refractivity contribution is 5.99. The molecule has 0 spiro atoms. The van der Waals surface area contributed by atoms with Crippen molar-refractivity contribution in [3.8, 4) is 0 Å². The van der Waals surface area contributed by atoms with Crippen molar-refractivity contribution in [2.24, 2.45) is 11.7 Å². The lowest BCUT2D eigenvalue weighted by atomic mass is 9.74. The highest BCUT2D eigenvalue weighted by atomic mass is 16.5. The fourth-order valence-corrected chi connectivity index (χ4v) is 6.64. The minimum Gasteiger partial charge on any atom is -0.388 e. The molecule has 1 aliphatic carbocycles. The van der Waals surface area contributed by atoms with Gasteiger partial charge in [-0.1, -0.05) is 26.2 Å². The third kappa shape index (κ3) is 4.64. The number of nitrogens with two attached hydrogens (primary N) is 1. The van der Waals surface area contributed by atoms with Gasteiger partial charge in [0.05, 0.1) is 12.5 Å². The molecule has 0 bridgehead atoms. The molecular weight excluding hydrogens is 460 g/mol. The van der Waals surface area contributed by atoms with Crippen molar-refractivity contribution in [1.29, 1.82) is 0 Å². The average molecular weight is 499 g/mol. The van der Waals surface area contributed by atoms with E-state index in [1.165, 1.54) is 4.90 Å². The third-order valence-electron chi connectivity index (χ3n) is 8.65. The number of β-amino-alcohol motifs (C(OH)–C–C–N with tert-alkyl or cyclic N) is 1. The van der Waals surface area contributed by atoms with Crippen LogP contribution in [0.3, 0.4) is 0 Å². The summed E-state index contributed by atoms with van der Waals surface area (Å²) in [7, 11) is 0. The first-order chi connectivity index (χ1) is 17.4. The monoisotopic (exact) mass is 498 g/mol. The third-order valence-corrected chi connectivity index (χ3v) is 8.65. The van der Waals surface area contributed by atoms with Crippen LogP contribution in [-0.4, -0.2) is 96.6 Å². The van der Waals surface area contributed by atoms with Gasteiger partial charge in [0.25, 0.3) is 0 Å².